The van der Waals surface area contributed by atoms with E-state index in [0.29, 0.717) is 56.0 Å². The van der Waals surface area contributed by atoms with E-state index in [9.17, 15) is 14.4 Å². The molecule has 2 saturated heterocycles. The number of nitrogens with one attached hydrogen (secondary N) is 2. The minimum Gasteiger partial charge on any atom is -0.457 e. The summed E-state index contributed by atoms with van der Waals surface area (Å²) in [6.45, 7) is 4.50. The SMILES string of the molecule is C/C=C/CN1C(=O)[C@H](Cc2cccnc2)NC(=O)C12CCN(Cc1ccc(Oc3ccc(C(=O)NC)cc3)cc1)CC2. The van der Waals surface area contributed by atoms with E-state index in [4.69, 9.17) is 4.74 Å². The molecule has 2 fully saturated rings. The van der Waals surface area contributed by atoms with Crippen molar-refractivity contribution >= 4 is 17.7 Å². The number of nitrogens with zero attached hydrogens (tertiary/aromatic N) is 3. The van der Waals surface area contributed by atoms with Gasteiger partial charge in [0.25, 0.3) is 5.91 Å². The Morgan fingerprint density at radius 3 is 2.36 bits per heavy atom. The highest BCUT2D eigenvalue weighted by atomic mass is 16.5. The van der Waals surface area contributed by atoms with Crippen molar-refractivity contribution in [1.29, 1.82) is 0 Å². The van der Waals surface area contributed by atoms with Gasteiger partial charge in [0.1, 0.15) is 23.1 Å². The second-order valence-corrected chi connectivity index (χ2v) is 10.8. The molecule has 0 aliphatic carbocycles. The molecule has 2 aliphatic rings. The lowest BCUT2D eigenvalue weighted by molar-refractivity contribution is -0.160. The van der Waals surface area contributed by atoms with Gasteiger partial charge in [0.05, 0.1) is 0 Å². The molecule has 218 valence electrons. The van der Waals surface area contributed by atoms with Crippen LogP contribution in [0.4, 0.5) is 0 Å². The number of amides is 3. The molecular weight excluding hydrogens is 530 g/mol. The predicted molar refractivity (Wildman–Crippen MR) is 160 cm³/mol. The quantitative estimate of drug-likeness (QED) is 0.382. The summed E-state index contributed by atoms with van der Waals surface area (Å²) < 4.78 is 5.94. The van der Waals surface area contributed by atoms with Crippen molar-refractivity contribution in [2.45, 2.75) is 44.3 Å². The van der Waals surface area contributed by atoms with Gasteiger partial charge in [0.15, 0.2) is 0 Å². The number of allylic oxidation sites excluding steroid dienone is 1. The predicted octanol–water partition coefficient (Wildman–Crippen LogP) is 3.71. The molecule has 0 saturated carbocycles. The van der Waals surface area contributed by atoms with Crippen molar-refractivity contribution in [3.63, 3.8) is 0 Å². The normalized spacial score (nSPS) is 18.7. The molecule has 42 heavy (non-hydrogen) atoms. The zero-order chi connectivity index (χ0) is 29.5. The maximum atomic E-state index is 13.7. The van der Waals surface area contributed by atoms with Gasteiger partial charge in [-0.2, -0.15) is 0 Å². The largest absolute Gasteiger partial charge is 0.457 e. The number of rotatable bonds is 9. The summed E-state index contributed by atoms with van der Waals surface area (Å²) in [6.07, 6.45) is 8.89. The molecular formula is C33H37N5O4. The second-order valence-electron chi connectivity index (χ2n) is 10.8. The van der Waals surface area contributed by atoms with Crippen LogP contribution in [-0.2, 0) is 22.6 Å². The van der Waals surface area contributed by atoms with Crippen LogP contribution in [0.3, 0.4) is 0 Å². The van der Waals surface area contributed by atoms with Crippen LogP contribution in [-0.4, -0.2) is 70.8 Å². The molecule has 3 heterocycles. The standard InChI is InChI=1S/C33H37N5O4/c1-3-4-18-38-31(40)29(21-25-6-5-17-35-22-25)36-32(41)33(38)15-19-37(20-16-33)23-24-7-11-27(12-8-24)42-28-13-9-26(10-14-28)30(39)34-2/h3-14,17,22,29H,15-16,18-21,23H2,1-2H3,(H,34,39)(H,36,41)/b4-3+/t29-/m0/s1. The Labute approximate surface area is 246 Å². The Morgan fingerprint density at radius 1 is 1.05 bits per heavy atom. The number of ether oxygens (including phenoxy) is 1. The third-order valence-corrected chi connectivity index (χ3v) is 8.09. The fourth-order valence-electron chi connectivity index (χ4n) is 5.70. The highest BCUT2D eigenvalue weighted by Gasteiger charge is 2.53. The number of pyridine rings is 1. The smallest absolute Gasteiger partial charge is 0.251 e. The fraction of sp³-hybridized carbons (Fsp3) is 0.333. The molecule has 9 heteroatoms. The van der Waals surface area contributed by atoms with Crippen LogP contribution in [0.1, 0.15) is 41.3 Å². The molecule has 3 aromatic rings. The first-order valence-electron chi connectivity index (χ1n) is 14.4. The number of benzene rings is 2. The molecule has 1 spiro atoms. The summed E-state index contributed by atoms with van der Waals surface area (Å²) in [6, 6.07) is 18.1. The average Bonchev–Trinajstić information content (AvgIpc) is 3.02. The van der Waals surface area contributed by atoms with E-state index >= 15 is 0 Å². The number of carbonyl (C=O) groups is 3. The number of piperazine rings is 1. The Morgan fingerprint density at radius 2 is 1.74 bits per heavy atom. The zero-order valence-electron chi connectivity index (χ0n) is 24.1. The molecule has 3 amide bonds. The van der Waals surface area contributed by atoms with Crippen LogP contribution in [0, 0.1) is 0 Å². The van der Waals surface area contributed by atoms with Crippen LogP contribution in [0.25, 0.3) is 0 Å². The summed E-state index contributed by atoms with van der Waals surface area (Å²) in [5, 5.41) is 5.66. The van der Waals surface area contributed by atoms with E-state index in [1.165, 1.54) is 0 Å². The summed E-state index contributed by atoms with van der Waals surface area (Å²) in [4.78, 5) is 47.3. The van der Waals surface area contributed by atoms with E-state index in [1.807, 2.05) is 55.5 Å². The third kappa shape index (κ3) is 6.36. The highest BCUT2D eigenvalue weighted by molar-refractivity contribution is 6.00. The van der Waals surface area contributed by atoms with Gasteiger partial charge in [-0.15, -0.1) is 0 Å². The van der Waals surface area contributed by atoms with Crippen LogP contribution in [0.5, 0.6) is 11.5 Å². The Hall–Kier alpha value is -4.50. The second kappa shape index (κ2) is 13.0. The van der Waals surface area contributed by atoms with Gasteiger partial charge in [-0.25, -0.2) is 0 Å². The molecule has 2 aromatic carbocycles. The molecule has 0 radical (unpaired) electrons. The topological polar surface area (TPSA) is 104 Å². The van der Waals surface area contributed by atoms with Crippen molar-refractivity contribution in [2.75, 3.05) is 26.7 Å². The number of hydrogen-bond donors (Lipinski definition) is 2. The lowest BCUT2D eigenvalue weighted by atomic mass is 9.81. The van der Waals surface area contributed by atoms with Crippen molar-refractivity contribution in [2.24, 2.45) is 0 Å². The van der Waals surface area contributed by atoms with Crippen molar-refractivity contribution in [3.8, 4) is 11.5 Å². The van der Waals surface area contributed by atoms with Crippen LogP contribution < -0.4 is 15.4 Å². The summed E-state index contributed by atoms with van der Waals surface area (Å²) in [5.41, 5.74) is 1.79. The molecule has 0 bridgehead atoms. The minimum atomic E-state index is -0.844. The highest BCUT2D eigenvalue weighted by Crippen LogP contribution is 2.34. The first-order valence-corrected chi connectivity index (χ1v) is 14.4. The van der Waals surface area contributed by atoms with Gasteiger partial charge in [0, 0.05) is 57.6 Å². The first-order chi connectivity index (χ1) is 20.4. The molecule has 1 aromatic heterocycles. The van der Waals surface area contributed by atoms with Gasteiger partial charge in [-0.1, -0.05) is 30.4 Å². The third-order valence-electron chi connectivity index (χ3n) is 8.09. The molecule has 9 nitrogen and oxygen atoms in total. The first kappa shape index (κ1) is 29.0. The van der Waals surface area contributed by atoms with Crippen molar-refractivity contribution in [1.82, 2.24) is 25.4 Å². The van der Waals surface area contributed by atoms with E-state index in [1.54, 1.807) is 48.6 Å². The number of likely N-dealkylation sites (tertiary alicyclic amines) is 1. The van der Waals surface area contributed by atoms with Gasteiger partial charge in [-0.05, 0) is 73.4 Å². The van der Waals surface area contributed by atoms with E-state index < -0.39 is 11.6 Å². The molecule has 5 rings (SSSR count). The van der Waals surface area contributed by atoms with Crippen LogP contribution in [0.15, 0.2) is 85.2 Å². The summed E-state index contributed by atoms with van der Waals surface area (Å²) in [7, 11) is 1.60. The molecule has 0 unspecified atom stereocenters. The van der Waals surface area contributed by atoms with Gasteiger partial charge in [0.2, 0.25) is 11.8 Å². The molecule has 2 N–H and O–H groups in total. The monoisotopic (exact) mass is 567 g/mol. The number of carbonyl (C=O) groups excluding carboxylic acids is 3. The van der Waals surface area contributed by atoms with Crippen LogP contribution >= 0.6 is 0 Å². The lowest BCUT2D eigenvalue weighted by Crippen LogP contribution is -2.73. The fourth-order valence-corrected chi connectivity index (χ4v) is 5.70. The van der Waals surface area contributed by atoms with Crippen LogP contribution in [0.2, 0.25) is 0 Å². The number of hydrogen-bond acceptors (Lipinski definition) is 6. The average molecular weight is 568 g/mol. The molecule has 1 atom stereocenters. The lowest BCUT2D eigenvalue weighted by Gasteiger charge is -2.51. The number of aromatic nitrogens is 1. The van der Waals surface area contributed by atoms with E-state index in [2.05, 4.69) is 20.5 Å². The Bertz CT molecular complexity index is 1420. The molecule has 2 aliphatic heterocycles. The van der Waals surface area contributed by atoms with Gasteiger partial charge >= 0.3 is 0 Å². The maximum absolute atomic E-state index is 13.7. The van der Waals surface area contributed by atoms with E-state index in [0.717, 1.165) is 17.7 Å². The van der Waals surface area contributed by atoms with Gasteiger partial charge in [-0.3, -0.25) is 24.3 Å². The maximum Gasteiger partial charge on any atom is 0.251 e. The van der Waals surface area contributed by atoms with Gasteiger partial charge < -0.3 is 20.3 Å². The number of piperidine rings is 1. The minimum absolute atomic E-state index is 0.0381. The van der Waals surface area contributed by atoms with Crippen molar-refractivity contribution < 1.29 is 19.1 Å². The van der Waals surface area contributed by atoms with Crippen molar-refractivity contribution in [3.05, 3.63) is 102 Å². The zero-order valence-corrected chi connectivity index (χ0v) is 24.1. The Kier molecular flexibility index (Phi) is 8.97. The summed E-state index contributed by atoms with van der Waals surface area (Å²) >= 11 is 0. The Balaban J connectivity index is 1.20. The van der Waals surface area contributed by atoms with E-state index in [-0.39, 0.29) is 17.7 Å². The summed E-state index contributed by atoms with van der Waals surface area (Å²) in [5.74, 6) is 1.12.